The van der Waals surface area contributed by atoms with Gasteiger partial charge in [0.1, 0.15) is 5.75 Å². The molecule has 0 fully saturated rings. The van der Waals surface area contributed by atoms with Crippen molar-refractivity contribution < 1.29 is 9.53 Å². The van der Waals surface area contributed by atoms with Gasteiger partial charge in [0.15, 0.2) is 5.78 Å². The molecule has 146 valence electrons. The summed E-state index contributed by atoms with van der Waals surface area (Å²) in [6.45, 7) is 4.47. The van der Waals surface area contributed by atoms with E-state index < -0.39 is 0 Å². The van der Waals surface area contributed by atoms with Crippen LogP contribution < -0.4 is 4.74 Å². The molecular formula is C27H26O2. The Morgan fingerprint density at radius 2 is 1.52 bits per heavy atom. The van der Waals surface area contributed by atoms with E-state index in [4.69, 9.17) is 4.74 Å². The van der Waals surface area contributed by atoms with Gasteiger partial charge >= 0.3 is 0 Å². The normalized spacial score (nSPS) is 10.8. The highest BCUT2D eigenvalue weighted by Crippen LogP contribution is 2.14. The van der Waals surface area contributed by atoms with Gasteiger partial charge in [-0.25, -0.2) is 0 Å². The minimum absolute atomic E-state index is 0.0220. The zero-order chi connectivity index (χ0) is 20.3. The summed E-state index contributed by atoms with van der Waals surface area (Å²) in [6.07, 6.45) is 8.43. The number of ether oxygens (including phenoxy) is 1. The summed E-state index contributed by atoms with van der Waals surface area (Å²) in [5.74, 6) is 0.922. The standard InChI is InChI=1S/C27H26O2/c1-2-22-15-18-26(19-16-22)29-21-7-6-8-23-11-13-24(14-12-23)17-20-27(28)25-9-4-3-5-10-25/h2-5,9-20H,1,6-8,21H2. The first kappa shape index (κ1) is 20.3. The summed E-state index contributed by atoms with van der Waals surface area (Å²) in [5.41, 5.74) is 4.13. The van der Waals surface area contributed by atoms with Crippen molar-refractivity contribution in [2.24, 2.45) is 0 Å². The smallest absolute Gasteiger partial charge is 0.185 e. The molecule has 0 bridgehead atoms. The maximum absolute atomic E-state index is 12.1. The molecule has 0 N–H and O–H groups in total. The lowest BCUT2D eigenvalue weighted by Gasteiger charge is -2.07. The van der Waals surface area contributed by atoms with Crippen molar-refractivity contribution in [2.75, 3.05) is 6.61 Å². The molecule has 2 heteroatoms. The van der Waals surface area contributed by atoms with Gasteiger partial charge in [0.2, 0.25) is 0 Å². The second kappa shape index (κ2) is 10.8. The summed E-state index contributed by atoms with van der Waals surface area (Å²) in [7, 11) is 0. The van der Waals surface area contributed by atoms with Crippen molar-refractivity contribution in [3.05, 3.63) is 114 Å². The Morgan fingerprint density at radius 1 is 0.828 bits per heavy atom. The van der Waals surface area contributed by atoms with Crippen LogP contribution in [-0.2, 0) is 6.42 Å². The molecule has 0 heterocycles. The number of carbonyl (C=O) groups is 1. The van der Waals surface area contributed by atoms with Crippen LogP contribution in [0.3, 0.4) is 0 Å². The molecule has 3 rings (SSSR count). The van der Waals surface area contributed by atoms with Crippen molar-refractivity contribution >= 4 is 17.9 Å². The summed E-state index contributed by atoms with van der Waals surface area (Å²) < 4.78 is 5.78. The first-order valence-corrected chi connectivity index (χ1v) is 9.96. The summed E-state index contributed by atoms with van der Waals surface area (Å²) in [4.78, 5) is 12.1. The van der Waals surface area contributed by atoms with Gasteiger partial charge in [-0.05, 0) is 54.2 Å². The van der Waals surface area contributed by atoms with Gasteiger partial charge in [-0.15, -0.1) is 0 Å². The fraction of sp³-hybridized carbons (Fsp3) is 0.148. The Kier molecular flexibility index (Phi) is 7.59. The monoisotopic (exact) mass is 382 g/mol. The zero-order valence-electron chi connectivity index (χ0n) is 16.6. The lowest BCUT2D eigenvalue weighted by Crippen LogP contribution is -1.98. The van der Waals surface area contributed by atoms with E-state index in [2.05, 4.69) is 30.8 Å². The van der Waals surface area contributed by atoms with Crippen molar-refractivity contribution in [3.63, 3.8) is 0 Å². The molecule has 0 aromatic heterocycles. The predicted octanol–water partition coefficient (Wildman–Crippen LogP) is 6.63. The average Bonchev–Trinajstić information content (AvgIpc) is 2.79. The fourth-order valence-electron chi connectivity index (χ4n) is 2.99. The number of unbranched alkanes of at least 4 members (excludes halogenated alkanes) is 1. The van der Waals surface area contributed by atoms with Crippen LogP contribution in [-0.4, -0.2) is 12.4 Å². The quantitative estimate of drug-likeness (QED) is 0.223. The van der Waals surface area contributed by atoms with Crippen molar-refractivity contribution in [1.82, 2.24) is 0 Å². The Morgan fingerprint density at radius 3 is 2.21 bits per heavy atom. The van der Waals surface area contributed by atoms with Gasteiger partial charge in [0.25, 0.3) is 0 Å². The number of rotatable bonds is 10. The third-order valence-electron chi connectivity index (χ3n) is 4.71. The molecule has 0 radical (unpaired) electrons. The second-order valence-electron chi connectivity index (χ2n) is 6.88. The Bertz CT molecular complexity index is 936. The van der Waals surface area contributed by atoms with Crippen LogP contribution in [0.4, 0.5) is 0 Å². The molecule has 0 aliphatic heterocycles. The molecular weight excluding hydrogens is 356 g/mol. The van der Waals surface area contributed by atoms with Gasteiger partial charge < -0.3 is 4.74 Å². The SMILES string of the molecule is C=Cc1ccc(OCCCCc2ccc(C=CC(=O)c3ccccc3)cc2)cc1. The molecule has 0 aliphatic carbocycles. The fourth-order valence-corrected chi connectivity index (χ4v) is 2.99. The topological polar surface area (TPSA) is 26.3 Å². The van der Waals surface area contributed by atoms with E-state index in [1.807, 2.05) is 66.7 Å². The highest BCUT2D eigenvalue weighted by molar-refractivity contribution is 6.06. The molecule has 0 unspecified atom stereocenters. The second-order valence-corrected chi connectivity index (χ2v) is 6.88. The third kappa shape index (κ3) is 6.62. The number of hydrogen-bond donors (Lipinski definition) is 0. The summed E-state index contributed by atoms with van der Waals surface area (Å²) in [5, 5.41) is 0. The maximum Gasteiger partial charge on any atom is 0.185 e. The number of benzene rings is 3. The van der Waals surface area contributed by atoms with Gasteiger partial charge in [-0.2, -0.15) is 0 Å². The van der Waals surface area contributed by atoms with Crippen LogP contribution in [0.25, 0.3) is 12.2 Å². The minimum atomic E-state index is 0.0220. The van der Waals surface area contributed by atoms with E-state index in [0.717, 1.165) is 42.7 Å². The number of aryl methyl sites for hydroxylation is 1. The summed E-state index contributed by atoms with van der Waals surface area (Å²) >= 11 is 0. The largest absolute Gasteiger partial charge is 0.494 e. The number of carbonyl (C=O) groups excluding carboxylic acids is 1. The van der Waals surface area contributed by atoms with Gasteiger partial charge in [-0.1, -0.05) is 85.5 Å². The van der Waals surface area contributed by atoms with E-state index in [1.54, 1.807) is 6.08 Å². The molecule has 0 aliphatic rings. The van der Waals surface area contributed by atoms with Crippen LogP contribution in [0.15, 0.2) is 91.5 Å². The first-order chi connectivity index (χ1) is 14.2. The van der Waals surface area contributed by atoms with Crippen LogP contribution >= 0.6 is 0 Å². The number of hydrogen-bond acceptors (Lipinski definition) is 2. The van der Waals surface area contributed by atoms with Gasteiger partial charge in [0.05, 0.1) is 6.61 Å². The molecule has 2 nitrogen and oxygen atoms in total. The van der Waals surface area contributed by atoms with Crippen molar-refractivity contribution in [2.45, 2.75) is 19.3 Å². The lowest BCUT2D eigenvalue weighted by atomic mass is 10.0. The first-order valence-electron chi connectivity index (χ1n) is 9.96. The van der Waals surface area contributed by atoms with Crippen LogP contribution in [0, 0.1) is 0 Å². The van der Waals surface area contributed by atoms with E-state index in [1.165, 1.54) is 5.56 Å². The Balaban J connectivity index is 1.39. The lowest BCUT2D eigenvalue weighted by molar-refractivity contribution is 0.104. The van der Waals surface area contributed by atoms with E-state index in [-0.39, 0.29) is 5.78 Å². The van der Waals surface area contributed by atoms with E-state index >= 15 is 0 Å². The van der Waals surface area contributed by atoms with Crippen molar-refractivity contribution in [1.29, 1.82) is 0 Å². The number of allylic oxidation sites excluding steroid dienone is 1. The minimum Gasteiger partial charge on any atom is -0.494 e. The number of ketones is 1. The maximum atomic E-state index is 12.1. The molecule has 0 spiro atoms. The van der Waals surface area contributed by atoms with E-state index in [0.29, 0.717) is 5.56 Å². The molecule has 0 amide bonds. The molecule has 0 saturated carbocycles. The molecule has 3 aromatic carbocycles. The highest BCUT2D eigenvalue weighted by Gasteiger charge is 2.00. The molecule has 0 atom stereocenters. The predicted molar refractivity (Wildman–Crippen MR) is 121 cm³/mol. The summed E-state index contributed by atoms with van der Waals surface area (Å²) in [6, 6.07) is 25.7. The Hall–Kier alpha value is -3.39. The van der Waals surface area contributed by atoms with E-state index in [9.17, 15) is 4.79 Å². The zero-order valence-corrected chi connectivity index (χ0v) is 16.6. The van der Waals surface area contributed by atoms with Gasteiger partial charge in [0, 0.05) is 5.56 Å². The highest BCUT2D eigenvalue weighted by atomic mass is 16.5. The van der Waals surface area contributed by atoms with Gasteiger partial charge in [-0.3, -0.25) is 4.79 Å². The van der Waals surface area contributed by atoms with Crippen LogP contribution in [0.2, 0.25) is 0 Å². The van der Waals surface area contributed by atoms with Crippen LogP contribution in [0.5, 0.6) is 5.75 Å². The van der Waals surface area contributed by atoms with Crippen molar-refractivity contribution in [3.8, 4) is 5.75 Å². The Labute approximate surface area is 173 Å². The average molecular weight is 383 g/mol. The molecule has 3 aromatic rings. The third-order valence-corrected chi connectivity index (χ3v) is 4.71. The van der Waals surface area contributed by atoms with Crippen LogP contribution in [0.1, 0.15) is 39.9 Å². The molecule has 0 saturated heterocycles. The molecule has 29 heavy (non-hydrogen) atoms.